The van der Waals surface area contributed by atoms with E-state index in [0.717, 1.165) is 18.2 Å². The number of benzene rings is 1. The van der Waals surface area contributed by atoms with Crippen LogP contribution in [0.1, 0.15) is 11.9 Å². The standard InChI is InChI=1S/C22H22Cl2FN5O2/c1-14-21(24)22(16-5-6-26-12-18(16)25)27-30(14)20(13-31)29-9-7-28(8-10-29)15-3-4-17(23)19(11-15)32-2/h3-6,11-13,20H,7-10H2,1-2H3. The number of hydrogen-bond donors (Lipinski definition) is 0. The third-order valence-electron chi connectivity index (χ3n) is 5.67. The number of rotatable bonds is 6. The largest absolute Gasteiger partial charge is 0.495 e. The van der Waals surface area contributed by atoms with Crippen molar-refractivity contribution in [2.45, 2.75) is 13.1 Å². The van der Waals surface area contributed by atoms with Gasteiger partial charge in [-0.3, -0.25) is 14.7 Å². The van der Waals surface area contributed by atoms with E-state index in [-0.39, 0.29) is 5.56 Å². The first-order valence-corrected chi connectivity index (χ1v) is 10.8. The van der Waals surface area contributed by atoms with Gasteiger partial charge in [0.2, 0.25) is 0 Å². The lowest BCUT2D eigenvalue weighted by Crippen LogP contribution is -2.49. The summed E-state index contributed by atoms with van der Waals surface area (Å²) in [6.45, 7) is 4.43. The van der Waals surface area contributed by atoms with Crippen molar-refractivity contribution >= 4 is 35.2 Å². The molecule has 2 aromatic heterocycles. The summed E-state index contributed by atoms with van der Waals surface area (Å²) in [6, 6.07) is 7.18. The monoisotopic (exact) mass is 477 g/mol. The second-order valence-electron chi connectivity index (χ2n) is 7.44. The van der Waals surface area contributed by atoms with Crippen LogP contribution in [-0.4, -0.2) is 59.2 Å². The molecule has 0 amide bonds. The summed E-state index contributed by atoms with van der Waals surface area (Å²) in [4.78, 5) is 20.1. The Morgan fingerprint density at radius 2 is 1.94 bits per heavy atom. The van der Waals surface area contributed by atoms with E-state index in [4.69, 9.17) is 27.9 Å². The summed E-state index contributed by atoms with van der Waals surface area (Å²) in [5.74, 6) is 0.101. The van der Waals surface area contributed by atoms with Gasteiger partial charge in [0, 0.05) is 49.7 Å². The van der Waals surface area contributed by atoms with E-state index < -0.39 is 12.0 Å². The van der Waals surface area contributed by atoms with Crippen LogP contribution in [0, 0.1) is 12.7 Å². The van der Waals surface area contributed by atoms with Gasteiger partial charge in [0.15, 0.2) is 18.3 Å². The molecule has 1 aliphatic rings. The van der Waals surface area contributed by atoms with Crippen LogP contribution >= 0.6 is 23.2 Å². The van der Waals surface area contributed by atoms with Gasteiger partial charge in [0.1, 0.15) is 11.4 Å². The minimum Gasteiger partial charge on any atom is -0.495 e. The van der Waals surface area contributed by atoms with Crippen LogP contribution in [0.4, 0.5) is 10.1 Å². The predicted octanol–water partition coefficient (Wildman–Crippen LogP) is 4.23. The summed E-state index contributed by atoms with van der Waals surface area (Å²) in [7, 11) is 1.58. The highest BCUT2D eigenvalue weighted by molar-refractivity contribution is 6.33. The van der Waals surface area contributed by atoms with Crippen molar-refractivity contribution in [3.05, 3.63) is 58.2 Å². The average molecular weight is 478 g/mol. The molecule has 3 aromatic rings. The van der Waals surface area contributed by atoms with Gasteiger partial charge in [-0.25, -0.2) is 9.07 Å². The fraction of sp³-hybridized carbons (Fsp3) is 0.318. The van der Waals surface area contributed by atoms with Crippen LogP contribution in [0.3, 0.4) is 0 Å². The second-order valence-corrected chi connectivity index (χ2v) is 8.22. The second kappa shape index (κ2) is 9.44. The molecule has 1 aliphatic heterocycles. The first kappa shape index (κ1) is 22.5. The third-order valence-corrected chi connectivity index (χ3v) is 6.43. The Labute approximate surface area is 195 Å². The van der Waals surface area contributed by atoms with Crippen molar-refractivity contribution in [1.82, 2.24) is 19.7 Å². The lowest BCUT2D eigenvalue weighted by Gasteiger charge is -2.38. The molecule has 0 saturated carbocycles. The number of carbonyl (C=O) groups is 1. The molecule has 0 aliphatic carbocycles. The molecule has 3 heterocycles. The first-order chi connectivity index (χ1) is 15.4. The highest BCUT2D eigenvalue weighted by Gasteiger charge is 2.29. The van der Waals surface area contributed by atoms with Gasteiger partial charge in [0.25, 0.3) is 0 Å². The van der Waals surface area contributed by atoms with E-state index in [1.807, 2.05) is 23.1 Å². The molecule has 1 unspecified atom stereocenters. The molecular formula is C22H22Cl2FN5O2. The smallest absolute Gasteiger partial charge is 0.160 e. The van der Waals surface area contributed by atoms with E-state index in [1.54, 1.807) is 18.7 Å². The zero-order valence-electron chi connectivity index (χ0n) is 17.6. The van der Waals surface area contributed by atoms with E-state index >= 15 is 0 Å². The molecule has 7 nitrogen and oxygen atoms in total. The molecular weight excluding hydrogens is 456 g/mol. The van der Waals surface area contributed by atoms with Gasteiger partial charge in [-0.1, -0.05) is 23.2 Å². The maximum Gasteiger partial charge on any atom is 0.160 e. The Hall–Kier alpha value is -2.68. The third kappa shape index (κ3) is 4.18. The quantitative estimate of drug-likeness (QED) is 0.495. The number of aromatic nitrogens is 3. The van der Waals surface area contributed by atoms with Crippen molar-refractivity contribution in [2.75, 3.05) is 38.2 Å². The number of anilines is 1. The zero-order valence-corrected chi connectivity index (χ0v) is 19.1. The van der Waals surface area contributed by atoms with Crippen LogP contribution in [0.2, 0.25) is 10.0 Å². The predicted molar refractivity (Wildman–Crippen MR) is 122 cm³/mol. The highest BCUT2D eigenvalue weighted by Crippen LogP contribution is 2.34. The van der Waals surface area contributed by atoms with Gasteiger partial charge < -0.3 is 9.64 Å². The van der Waals surface area contributed by atoms with E-state index in [9.17, 15) is 9.18 Å². The van der Waals surface area contributed by atoms with Crippen LogP contribution in [0.15, 0.2) is 36.7 Å². The first-order valence-electron chi connectivity index (χ1n) is 10.1. The number of aldehydes is 1. The summed E-state index contributed by atoms with van der Waals surface area (Å²) in [6.07, 6.45) is 2.78. The summed E-state index contributed by atoms with van der Waals surface area (Å²) >= 11 is 12.6. The average Bonchev–Trinajstić information content (AvgIpc) is 3.10. The van der Waals surface area contributed by atoms with Crippen LogP contribution in [0.25, 0.3) is 11.3 Å². The minimum atomic E-state index is -0.645. The normalized spacial score (nSPS) is 15.6. The SMILES string of the molecule is COc1cc(N2CCN(C(C=O)n3nc(-c4ccncc4F)c(Cl)c3C)CC2)ccc1Cl. The van der Waals surface area contributed by atoms with Gasteiger partial charge in [-0.05, 0) is 25.1 Å². The number of piperazine rings is 1. The van der Waals surface area contributed by atoms with Crippen molar-refractivity contribution in [1.29, 1.82) is 0 Å². The molecule has 10 heteroatoms. The Balaban J connectivity index is 1.54. The number of nitrogens with zero attached hydrogens (tertiary/aromatic N) is 5. The van der Waals surface area contributed by atoms with Crippen LogP contribution in [0.5, 0.6) is 5.75 Å². The highest BCUT2D eigenvalue weighted by atomic mass is 35.5. The van der Waals surface area contributed by atoms with E-state index in [0.29, 0.717) is 53.4 Å². The van der Waals surface area contributed by atoms with Crippen molar-refractivity contribution in [3.63, 3.8) is 0 Å². The number of methoxy groups -OCH3 is 1. The summed E-state index contributed by atoms with van der Waals surface area (Å²) in [5.41, 5.74) is 2.14. The fourth-order valence-corrected chi connectivity index (χ4v) is 4.30. The van der Waals surface area contributed by atoms with E-state index in [2.05, 4.69) is 15.0 Å². The lowest BCUT2D eigenvalue weighted by atomic mass is 10.2. The maximum absolute atomic E-state index is 14.2. The van der Waals surface area contributed by atoms with Crippen LogP contribution < -0.4 is 9.64 Å². The molecule has 0 spiro atoms. The van der Waals surface area contributed by atoms with Gasteiger partial charge in [0.05, 0.1) is 29.0 Å². The summed E-state index contributed by atoms with van der Waals surface area (Å²) < 4.78 is 21.1. The zero-order chi connectivity index (χ0) is 22.8. The number of pyridine rings is 1. The number of ether oxygens (including phenoxy) is 1. The molecule has 1 aromatic carbocycles. The fourth-order valence-electron chi connectivity index (χ4n) is 3.88. The van der Waals surface area contributed by atoms with Crippen molar-refractivity contribution in [2.24, 2.45) is 0 Å². The summed E-state index contributed by atoms with van der Waals surface area (Å²) in [5, 5.41) is 5.37. The van der Waals surface area contributed by atoms with Gasteiger partial charge in [-0.15, -0.1) is 0 Å². The van der Waals surface area contributed by atoms with Crippen molar-refractivity contribution < 1.29 is 13.9 Å². The molecule has 4 rings (SSSR count). The van der Waals surface area contributed by atoms with E-state index in [1.165, 1.54) is 12.3 Å². The Kier molecular flexibility index (Phi) is 6.64. The number of hydrogen-bond acceptors (Lipinski definition) is 6. The van der Waals surface area contributed by atoms with Crippen molar-refractivity contribution in [3.8, 4) is 17.0 Å². The molecule has 168 valence electrons. The molecule has 1 atom stereocenters. The molecule has 0 bridgehead atoms. The molecule has 0 N–H and O–H groups in total. The topological polar surface area (TPSA) is 63.5 Å². The Morgan fingerprint density at radius 1 is 1.19 bits per heavy atom. The molecule has 32 heavy (non-hydrogen) atoms. The molecule has 0 radical (unpaired) electrons. The van der Waals surface area contributed by atoms with Crippen LogP contribution in [-0.2, 0) is 4.79 Å². The van der Waals surface area contributed by atoms with Gasteiger partial charge in [-0.2, -0.15) is 5.10 Å². The Morgan fingerprint density at radius 3 is 2.59 bits per heavy atom. The molecule has 1 saturated heterocycles. The number of halogens is 3. The van der Waals surface area contributed by atoms with Gasteiger partial charge >= 0.3 is 0 Å². The number of carbonyl (C=O) groups excluding carboxylic acids is 1. The Bertz CT molecular complexity index is 1130. The lowest BCUT2D eigenvalue weighted by molar-refractivity contribution is -0.116. The maximum atomic E-state index is 14.2. The minimum absolute atomic E-state index is 0.248. The molecule has 1 fully saturated rings.